The summed E-state index contributed by atoms with van der Waals surface area (Å²) in [6, 6.07) is 6.15. The van der Waals surface area contributed by atoms with Crippen LogP contribution in [0.1, 0.15) is 13.3 Å². The van der Waals surface area contributed by atoms with Crippen LogP contribution in [-0.4, -0.2) is 18.4 Å². The average Bonchev–Trinajstić information content (AvgIpc) is 2.52. The lowest BCUT2D eigenvalue weighted by Crippen LogP contribution is -2.40. The second kappa shape index (κ2) is 9.18. The Kier molecular flexibility index (Phi) is 7.19. The zero-order valence-electron chi connectivity index (χ0n) is 12.6. The molecule has 116 valence electrons. The minimum atomic E-state index is -0.657. The fraction of sp³-hybridized carbons (Fsp3) is 0.176. The molecule has 0 heterocycles. The van der Waals surface area contributed by atoms with Gasteiger partial charge in [-0.05, 0) is 36.8 Å². The van der Waals surface area contributed by atoms with Crippen LogP contribution in [0.4, 0.5) is 11.4 Å². The quantitative estimate of drug-likeness (QED) is 0.391. The Morgan fingerprint density at radius 1 is 1.36 bits per heavy atom. The topological polar surface area (TPSA) is 84.2 Å². The molecule has 2 amide bonds. The van der Waals surface area contributed by atoms with Gasteiger partial charge in [0, 0.05) is 17.8 Å². The highest BCUT2D eigenvalue weighted by Crippen LogP contribution is 2.13. The molecule has 4 N–H and O–H groups in total. The van der Waals surface area contributed by atoms with E-state index in [1.807, 2.05) is 19.1 Å². The Morgan fingerprint density at radius 2 is 2.05 bits per heavy atom. The molecule has 0 bridgehead atoms. The van der Waals surface area contributed by atoms with Crippen LogP contribution in [0.2, 0.25) is 0 Å². The smallest absolute Gasteiger partial charge is 0.247 e. The zero-order chi connectivity index (χ0) is 16.4. The fourth-order valence-electron chi connectivity index (χ4n) is 1.81. The largest absolute Gasteiger partial charge is 0.399 e. The number of benzene rings is 1. The summed E-state index contributed by atoms with van der Waals surface area (Å²) in [5.74, 6) is -0.289. The summed E-state index contributed by atoms with van der Waals surface area (Å²) >= 11 is 0. The monoisotopic (exact) mass is 299 g/mol. The van der Waals surface area contributed by atoms with E-state index in [0.29, 0.717) is 24.2 Å². The summed E-state index contributed by atoms with van der Waals surface area (Å²) in [6.45, 7) is 5.48. The van der Waals surface area contributed by atoms with E-state index in [-0.39, 0.29) is 5.91 Å². The number of allylic oxidation sites excluding steroid dienone is 4. The molecular formula is C17H21N3O2. The van der Waals surface area contributed by atoms with Crippen molar-refractivity contribution in [1.82, 2.24) is 5.32 Å². The lowest BCUT2D eigenvalue weighted by atomic mass is 10.0. The third kappa shape index (κ3) is 5.66. The number of amides is 2. The predicted molar refractivity (Wildman–Crippen MR) is 90.2 cm³/mol. The van der Waals surface area contributed by atoms with Gasteiger partial charge in [-0.2, -0.15) is 0 Å². The molecule has 1 aromatic carbocycles. The Hall–Kier alpha value is -2.82. The molecule has 0 saturated heterocycles. The molecular weight excluding hydrogens is 278 g/mol. The molecule has 0 saturated carbocycles. The van der Waals surface area contributed by atoms with Crippen LogP contribution in [0.5, 0.6) is 0 Å². The molecule has 0 radical (unpaired) electrons. The summed E-state index contributed by atoms with van der Waals surface area (Å²) in [6.07, 6.45) is 8.09. The Labute approximate surface area is 130 Å². The van der Waals surface area contributed by atoms with Gasteiger partial charge in [-0.1, -0.05) is 30.9 Å². The number of nitrogen functional groups attached to an aromatic ring is 1. The Bertz CT molecular complexity index is 574. The lowest BCUT2D eigenvalue weighted by Gasteiger charge is -2.16. The summed E-state index contributed by atoms with van der Waals surface area (Å²) in [5.41, 5.74) is 7.77. The number of nitrogens with one attached hydrogen (secondary N) is 2. The molecule has 1 atom stereocenters. The standard InChI is InChI=1S/C17H21N3O2/c1-3-5-6-13(4-2)11-16(19-12-21)17(22)20-15-9-7-14(18)8-10-15/h3-10,12,16H,1,11,18H2,2H3,(H,19,21)(H,20,22)/b6-5-,13-4+. The summed E-state index contributed by atoms with van der Waals surface area (Å²) < 4.78 is 0. The van der Waals surface area contributed by atoms with Crippen molar-refractivity contribution < 1.29 is 9.59 Å². The van der Waals surface area contributed by atoms with Gasteiger partial charge in [0.05, 0.1) is 0 Å². The van der Waals surface area contributed by atoms with Gasteiger partial charge >= 0.3 is 0 Å². The van der Waals surface area contributed by atoms with E-state index in [1.54, 1.807) is 36.4 Å². The minimum Gasteiger partial charge on any atom is -0.399 e. The Morgan fingerprint density at radius 3 is 2.59 bits per heavy atom. The van der Waals surface area contributed by atoms with E-state index >= 15 is 0 Å². The molecule has 0 aliphatic heterocycles. The molecule has 0 spiro atoms. The summed E-state index contributed by atoms with van der Waals surface area (Å²) in [7, 11) is 0. The molecule has 22 heavy (non-hydrogen) atoms. The molecule has 0 aromatic heterocycles. The van der Waals surface area contributed by atoms with Crippen LogP contribution in [-0.2, 0) is 9.59 Å². The minimum absolute atomic E-state index is 0.289. The van der Waals surface area contributed by atoms with Crippen LogP contribution in [0, 0.1) is 0 Å². The van der Waals surface area contributed by atoms with Crippen molar-refractivity contribution in [3.63, 3.8) is 0 Å². The molecule has 0 aliphatic rings. The van der Waals surface area contributed by atoms with Crippen molar-refractivity contribution in [2.45, 2.75) is 19.4 Å². The average molecular weight is 299 g/mol. The van der Waals surface area contributed by atoms with E-state index in [2.05, 4.69) is 17.2 Å². The number of carbonyl (C=O) groups is 2. The second-order valence-electron chi connectivity index (χ2n) is 4.61. The zero-order valence-corrected chi connectivity index (χ0v) is 12.6. The SMILES string of the molecule is C=C/C=C\C(=C/C)CC(NC=O)C(=O)Nc1ccc(N)cc1. The maximum atomic E-state index is 12.3. The third-order valence-electron chi connectivity index (χ3n) is 3.02. The van der Waals surface area contributed by atoms with Crippen molar-refractivity contribution in [2.75, 3.05) is 11.1 Å². The number of anilines is 2. The first-order chi connectivity index (χ1) is 10.6. The second-order valence-corrected chi connectivity index (χ2v) is 4.61. The molecule has 0 aliphatic carbocycles. The molecule has 1 rings (SSSR count). The van der Waals surface area contributed by atoms with Crippen LogP contribution >= 0.6 is 0 Å². The maximum Gasteiger partial charge on any atom is 0.247 e. The molecule has 1 aromatic rings. The highest BCUT2D eigenvalue weighted by Gasteiger charge is 2.18. The fourth-order valence-corrected chi connectivity index (χ4v) is 1.81. The van der Waals surface area contributed by atoms with Crippen molar-refractivity contribution in [2.24, 2.45) is 0 Å². The Balaban J connectivity index is 2.78. The molecule has 5 heteroatoms. The van der Waals surface area contributed by atoms with E-state index in [0.717, 1.165) is 5.57 Å². The number of hydrogen-bond donors (Lipinski definition) is 3. The number of rotatable bonds is 8. The normalized spacial score (nSPS) is 12.7. The van der Waals surface area contributed by atoms with Gasteiger partial charge < -0.3 is 16.4 Å². The highest BCUT2D eigenvalue weighted by molar-refractivity contribution is 5.96. The van der Waals surface area contributed by atoms with E-state index < -0.39 is 6.04 Å². The summed E-state index contributed by atoms with van der Waals surface area (Å²) in [4.78, 5) is 23.0. The van der Waals surface area contributed by atoms with Crippen molar-refractivity contribution in [1.29, 1.82) is 0 Å². The van der Waals surface area contributed by atoms with Crippen molar-refractivity contribution >= 4 is 23.7 Å². The third-order valence-corrected chi connectivity index (χ3v) is 3.02. The van der Waals surface area contributed by atoms with E-state index in [4.69, 9.17) is 5.73 Å². The van der Waals surface area contributed by atoms with Crippen molar-refractivity contribution in [3.8, 4) is 0 Å². The lowest BCUT2D eigenvalue weighted by molar-refractivity contribution is -0.121. The van der Waals surface area contributed by atoms with Crippen LogP contribution < -0.4 is 16.4 Å². The van der Waals surface area contributed by atoms with Gasteiger partial charge in [0.2, 0.25) is 12.3 Å². The summed E-state index contributed by atoms with van der Waals surface area (Å²) in [5, 5.41) is 5.29. The van der Waals surface area contributed by atoms with Gasteiger partial charge in [0.15, 0.2) is 0 Å². The van der Waals surface area contributed by atoms with E-state index in [9.17, 15) is 9.59 Å². The van der Waals surface area contributed by atoms with Gasteiger partial charge in [-0.25, -0.2) is 0 Å². The van der Waals surface area contributed by atoms with Gasteiger partial charge in [0.25, 0.3) is 0 Å². The highest BCUT2D eigenvalue weighted by atomic mass is 16.2. The molecule has 0 fully saturated rings. The van der Waals surface area contributed by atoms with Gasteiger partial charge in [-0.3, -0.25) is 9.59 Å². The van der Waals surface area contributed by atoms with Crippen LogP contribution in [0.3, 0.4) is 0 Å². The molecule has 5 nitrogen and oxygen atoms in total. The first-order valence-corrected chi connectivity index (χ1v) is 6.91. The van der Waals surface area contributed by atoms with Crippen LogP contribution in [0.25, 0.3) is 0 Å². The van der Waals surface area contributed by atoms with Crippen LogP contribution in [0.15, 0.2) is 60.7 Å². The molecule has 1 unspecified atom stereocenters. The van der Waals surface area contributed by atoms with E-state index in [1.165, 1.54) is 0 Å². The maximum absolute atomic E-state index is 12.3. The number of carbonyl (C=O) groups excluding carboxylic acids is 2. The number of hydrogen-bond acceptors (Lipinski definition) is 3. The number of nitrogens with two attached hydrogens (primary N) is 1. The van der Waals surface area contributed by atoms with Gasteiger partial charge in [-0.15, -0.1) is 0 Å². The first kappa shape index (κ1) is 17.2. The first-order valence-electron chi connectivity index (χ1n) is 6.91. The predicted octanol–water partition coefficient (Wildman–Crippen LogP) is 2.40. The van der Waals surface area contributed by atoms with Crippen molar-refractivity contribution in [3.05, 3.63) is 60.7 Å². The van der Waals surface area contributed by atoms with Gasteiger partial charge in [0.1, 0.15) is 6.04 Å².